The Kier molecular flexibility index (Phi) is 6.37. The van der Waals surface area contributed by atoms with Crippen LogP contribution in [0.25, 0.3) is 0 Å². The van der Waals surface area contributed by atoms with Crippen molar-refractivity contribution in [1.82, 2.24) is 10.3 Å². The molecule has 0 aliphatic carbocycles. The van der Waals surface area contributed by atoms with E-state index in [1.54, 1.807) is 7.11 Å². The minimum Gasteiger partial charge on any atom is -0.383 e. The number of hydrogen-bond donors (Lipinski definition) is 2. The van der Waals surface area contributed by atoms with Crippen molar-refractivity contribution in [3.63, 3.8) is 0 Å². The molecule has 0 aliphatic rings. The molecule has 0 aliphatic heterocycles. The second kappa shape index (κ2) is 7.60. The molecule has 5 heteroatoms. The average molecular weight is 288 g/mol. The molecule has 4 nitrogen and oxygen atoms in total. The number of methoxy groups -OCH3 is 1. The van der Waals surface area contributed by atoms with E-state index in [0.29, 0.717) is 0 Å². The number of nitrogens with zero attached hydrogens (tertiary/aromatic N) is 1. The van der Waals surface area contributed by atoms with E-state index in [1.165, 1.54) is 5.56 Å². The van der Waals surface area contributed by atoms with E-state index in [-0.39, 0.29) is 0 Å². The number of nitrogens with one attached hydrogen (secondary N) is 2. The van der Waals surface area contributed by atoms with Gasteiger partial charge in [-0.3, -0.25) is 0 Å². The lowest BCUT2D eigenvalue weighted by Crippen LogP contribution is -2.25. The zero-order chi connectivity index (χ0) is 11.8. The summed E-state index contributed by atoms with van der Waals surface area (Å²) in [5.74, 6) is 0.911. The van der Waals surface area contributed by atoms with Crippen LogP contribution in [0, 0.1) is 6.92 Å². The van der Waals surface area contributed by atoms with Crippen LogP contribution in [0.3, 0.4) is 0 Å². The van der Waals surface area contributed by atoms with Gasteiger partial charge in [0.2, 0.25) is 0 Å². The van der Waals surface area contributed by atoms with Crippen molar-refractivity contribution < 1.29 is 4.74 Å². The first-order valence-corrected chi connectivity index (χ1v) is 6.09. The predicted molar refractivity (Wildman–Crippen MR) is 69.9 cm³/mol. The molecule has 0 saturated carbocycles. The van der Waals surface area contributed by atoms with Crippen LogP contribution >= 0.6 is 15.9 Å². The monoisotopic (exact) mass is 287 g/mol. The summed E-state index contributed by atoms with van der Waals surface area (Å²) in [7, 11) is 1.70. The Balaban J connectivity index is 2.19. The lowest BCUT2D eigenvalue weighted by Gasteiger charge is -2.08. The molecule has 16 heavy (non-hydrogen) atoms. The molecule has 0 spiro atoms. The summed E-state index contributed by atoms with van der Waals surface area (Å²) in [6.45, 7) is 5.44. The van der Waals surface area contributed by atoms with Crippen molar-refractivity contribution in [2.75, 3.05) is 38.7 Å². The number of aromatic nitrogens is 1. The van der Waals surface area contributed by atoms with Crippen molar-refractivity contribution in [2.45, 2.75) is 6.92 Å². The van der Waals surface area contributed by atoms with Crippen LogP contribution in [0.5, 0.6) is 0 Å². The van der Waals surface area contributed by atoms with Crippen LogP contribution in [-0.2, 0) is 4.74 Å². The Morgan fingerprint density at radius 3 is 2.88 bits per heavy atom. The highest BCUT2D eigenvalue weighted by Gasteiger charge is 1.97. The molecule has 0 saturated heterocycles. The van der Waals surface area contributed by atoms with Gasteiger partial charge in [0, 0.05) is 37.4 Å². The van der Waals surface area contributed by atoms with E-state index in [9.17, 15) is 0 Å². The van der Waals surface area contributed by atoms with Crippen LogP contribution < -0.4 is 10.6 Å². The summed E-state index contributed by atoms with van der Waals surface area (Å²) >= 11 is 3.42. The normalized spacial score (nSPS) is 10.4. The molecule has 0 radical (unpaired) electrons. The molecule has 1 aromatic heterocycles. The van der Waals surface area contributed by atoms with Gasteiger partial charge in [-0.25, -0.2) is 4.98 Å². The standard InChI is InChI=1S/C11H18BrN3O/c1-9-7-11(15-8-10(9)12)14-4-3-13-5-6-16-2/h7-8,13H,3-6H2,1-2H3,(H,14,15). The number of pyridine rings is 1. The summed E-state index contributed by atoms with van der Waals surface area (Å²) in [6.07, 6.45) is 1.82. The van der Waals surface area contributed by atoms with E-state index >= 15 is 0 Å². The topological polar surface area (TPSA) is 46.2 Å². The molecule has 1 aromatic rings. The molecule has 0 fully saturated rings. The van der Waals surface area contributed by atoms with Gasteiger partial charge in [-0.05, 0) is 34.5 Å². The molecule has 0 atom stereocenters. The van der Waals surface area contributed by atoms with Crippen LogP contribution in [0.15, 0.2) is 16.7 Å². The fourth-order valence-electron chi connectivity index (χ4n) is 1.21. The molecule has 0 unspecified atom stereocenters. The Labute approximate surface area is 105 Å². The first-order valence-electron chi connectivity index (χ1n) is 5.29. The fourth-order valence-corrected chi connectivity index (χ4v) is 1.43. The van der Waals surface area contributed by atoms with Crippen LogP contribution in [-0.4, -0.2) is 38.3 Å². The zero-order valence-corrected chi connectivity index (χ0v) is 11.3. The molecular formula is C11H18BrN3O. The van der Waals surface area contributed by atoms with Gasteiger partial charge >= 0.3 is 0 Å². The minimum absolute atomic E-state index is 0.746. The second-order valence-corrected chi connectivity index (χ2v) is 4.34. The number of hydrogen-bond acceptors (Lipinski definition) is 4. The number of aryl methyl sites for hydroxylation is 1. The number of anilines is 1. The lowest BCUT2D eigenvalue weighted by molar-refractivity contribution is 0.200. The third kappa shape index (κ3) is 4.92. The highest BCUT2D eigenvalue weighted by Crippen LogP contribution is 2.16. The van der Waals surface area contributed by atoms with Gasteiger partial charge in [-0.1, -0.05) is 0 Å². The van der Waals surface area contributed by atoms with Crippen LogP contribution in [0.1, 0.15) is 5.56 Å². The lowest BCUT2D eigenvalue weighted by atomic mass is 10.3. The summed E-state index contributed by atoms with van der Waals surface area (Å²) in [4.78, 5) is 4.26. The summed E-state index contributed by atoms with van der Waals surface area (Å²) in [5, 5.41) is 6.51. The van der Waals surface area contributed by atoms with Gasteiger partial charge in [-0.2, -0.15) is 0 Å². The molecule has 0 bridgehead atoms. The number of rotatable bonds is 7. The molecule has 1 rings (SSSR count). The van der Waals surface area contributed by atoms with E-state index in [2.05, 4.69) is 31.5 Å². The third-order valence-corrected chi connectivity index (χ3v) is 2.97. The summed E-state index contributed by atoms with van der Waals surface area (Å²) in [5.41, 5.74) is 1.19. The maximum Gasteiger partial charge on any atom is 0.126 e. The first-order chi connectivity index (χ1) is 7.74. The highest BCUT2D eigenvalue weighted by atomic mass is 79.9. The Hall–Kier alpha value is -0.650. The number of halogens is 1. The van der Waals surface area contributed by atoms with Crippen LogP contribution in [0.4, 0.5) is 5.82 Å². The minimum atomic E-state index is 0.746. The Morgan fingerprint density at radius 1 is 1.38 bits per heavy atom. The van der Waals surface area contributed by atoms with Gasteiger partial charge in [0.1, 0.15) is 5.82 Å². The van der Waals surface area contributed by atoms with E-state index in [4.69, 9.17) is 4.74 Å². The maximum absolute atomic E-state index is 4.94. The smallest absolute Gasteiger partial charge is 0.126 e. The average Bonchev–Trinajstić information content (AvgIpc) is 2.28. The van der Waals surface area contributed by atoms with Gasteiger partial charge < -0.3 is 15.4 Å². The fraction of sp³-hybridized carbons (Fsp3) is 0.545. The van der Waals surface area contributed by atoms with E-state index in [0.717, 1.165) is 36.5 Å². The molecule has 0 amide bonds. The SMILES string of the molecule is COCCNCCNc1cc(C)c(Br)cn1. The van der Waals surface area contributed by atoms with Gasteiger partial charge in [0.25, 0.3) is 0 Å². The highest BCUT2D eigenvalue weighted by molar-refractivity contribution is 9.10. The van der Waals surface area contributed by atoms with Crippen molar-refractivity contribution in [3.8, 4) is 0 Å². The Bertz CT molecular complexity index is 320. The predicted octanol–water partition coefficient (Wildman–Crippen LogP) is 1.80. The Morgan fingerprint density at radius 2 is 2.19 bits per heavy atom. The molecule has 1 heterocycles. The van der Waals surface area contributed by atoms with E-state index < -0.39 is 0 Å². The quantitative estimate of drug-likeness (QED) is 0.751. The van der Waals surface area contributed by atoms with Crippen molar-refractivity contribution in [1.29, 1.82) is 0 Å². The molecule has 90 valence electrons. The number of ether oxygens (including phenoxy) is 1. The maximum atomic E-state index is 4.94. The van der Waals surface area contributed by atoms with Crippen molar-refractivity contribution in [2.24, 2.45) is 0 Å². The largest absolute Gasteiger partial charge is 0.383 e. The molecule has 0 aromatic carbocycles. The third-order valence-electron chi connectivity index (χ3n) is 2.14. The van der Waals surface area contributed by atoms with Crippen molar-refractivity contribution in [3.05, 3.63) is 22.3 Å². The zero-order valence-electron chi connectivity index (χ0n) is 9.72. The molecular weight excluding hydrogens is 270 g/mol. The van der Waals surface area contributed by atoms with Gasteiger partial charge in [0.05, 0.1) is 6.61 Å². The van der Waals surface area contributed by atoms with Gasteiger partial charge in [0.15, 0.2) is 0 Å². The summed E-state index contributed by atoms with van der Waals surface area (Å²) < 4.78 is 5.97. The van der Waals surface area contributed by atoms with E-state index in [1.807, 2.05) is 19.2 Å². The van der Waals surface area contributed by atoms with Crippen molar-refractivity contribution >= 4 is 21.7 Å². The summed E-state index contributed by atoms with van der Waals surface area (Å²) in [6, 6.07) is 2.03. The van der Waals surface area contributed by atoms with Crippen LogP contribution in [0.2, 0.25) is 0 Å². The van der Waals surface area contributed by atoms with Gasteiger partial charge in [-0.15, -0.1) is 0 Å². The second-order valence-electron chi connectivity index (χ2n) is 3.49. The molecule has 2 N–H and O–H groups in total. The first kappa shape index (κ1) is 13.4.